The Morgan fingerprint density at radius 3 is 2.32 bits per heavy atom. The summed E-state index contributed by atoms with van der Waals surface area (Å²) in [6.07, 6.45) is 1.71. The topological polar surface area (TPSA) is 58.9 Å². The molecule has 0 unspecified atom stereocenters. The van der Waals surface area contributed by atoms with Gasteiger partial charge in [-0.3, -0.25) is 9.69 Å². The SMILES string of the molecule is Cc1cccc(C)c1-n1c(C)c(Br)c(/C=N\NC(=O)c2ccc(CN3CCOCC3)cc2)c1C. The molecule has 0 bridgehead atoms. The van der Waals surface area contributed by atoms with Crippen LogP contribution < -0.4 is 5.43 Å². The van der Waals surface area contributed by atoms with Crippen molar-refractivity contribution < 1.29 is 9.53 Å². The normalized spacial score (nSPS) is 14.6. The second-order valence-electron chi connectivity index (χ2n) is 8.76. The van der Waals surface area contributed by atoms with Gasteiger partial charge >= 0.3 is 0 Å². The number of hydrogen-bond donors (Lipinski definition) is 1. The van der Waals surface area contributed by atoms with Gasteiger partial charge in [0.15, 0.2) is 0 Å². The molecular formula is C27H31BrN4O2. The molecule has 0 radical (unpaired) electrons. The highest BCUT2D eigenvalue weighted by Gasteiger charge is 2.18. The van der Waals surface area contributed by atoms with Gasteiger partial charge in [-0.2, -0.15) is 5.10 Å². The Morgan fingerprint density at radius 2 is 1.68 bits per heavy atom. The Kier molecular flexibility index (Phi) is 7.66. The summed E-state index contributed by atoms with van der Waals surface area (Å²) in [5, 5.41) is 4.26. The first-order chi connectivity index (χ1) is 16.4. The van der Waals surface area contributed by atoms with Crippen molar-refractivity contribution in [3.05, 3.63) is 86.1 Å². The van der Waals surface area contributed by atoms with Gasteiger partial charge in [0, 0.05) is 46.6 Å². The number of carbonyl (C=O) groups excluding carboxylic acids is 1. The van der Waals surface area contributed by atoms with Crippen LogP contribution in [0, 0.1) is 27.7 Å². The van der Waals surface area contributed by atoms with E-state index in [2.05, 4.69) is 81.8 Å². The minimum absolute atomic E-state index is 0.228. The van der Waals surface area contributed by atoms with E-state index in [1.807, 2.05) is 24.3 Å². The van der Waals surface area contributed by atoms with Crippen molar-refractivity contribution >= 4 is 28.1 Å². The van der Waals surface area contributed by atoms with Gasteiger partial charge in [-0.1, -0.05) is 30.3 Å². The zero-order valence-electron chi connectivity index (χ0n) is 20.2. The van der Waals surface area contributed by atoms with E-state index in [4.69, 9.17) is 4.74 Å². The average Bonchev–Trinajstić information content (AvgIpc) is 3.03. The average molecular weight is 523 g/mol. The number of nitrogens with one attached hydrogen (secondary N) is 1. The smallest absolute Gasteiger partial charge is 0.271 e. The van der Waals surface area contributed by atoms with Crippen LogP contribution in [0.4, 0.5) is 0 Å². The second-order valence-corrected chi connectivity index (χ2v) is 9.55. The van der Waals surface area contributed by atoms with Crippen LogP contribution in [0.1, 0.15) is 44.0 Å². The molecule has 0 aliphatic carbocycles. The maximum Gasteiger partial charge on any atom is 0.271 e. The molecule has 4 rings (SSSR count). The van der Waals surface area contributed by atoms with Crippen LogP contribution >= 0.6 is 15.9 Å². The van der Waals surface area contributed by atoms with Gasteiger partial charge in [-0.05, 0) is 72.4 Å². The zero-order chi connectivity index (χ0) is 24.2. The minimum Gasteiger partial charge on any atom is -0.379 e. The molecule has 7 heteroatoms. The summed E-state index contributed by atoms with van der Waals surface area (Å²) in [6, 6.07) is 14.0. The van der Waals surface area contributed by atoms with Gasteiger partial charge in [0.05, 0.1) is 25.1 Å². The highest BCUT2D eigenvalue weighted by molar-refractivity contribution is 9.10. The fraction of sp³-hybridized carbons (Fsp3) is 0.333. The van der Waals surface area contributed by atoms with Gasteiger partial charge < -0.3 is 9.30 Å². The standard InChI is InChI=1S/C27H31BrN4O2/c1-18-6-5-7-19(2)26(18)32-20(3)24(25(28)21(32)4)16-29-30-27(33)23-10-8-22(9-11-23)17-31-12-14-34-15-13-31/h5-11,16H,12-15,17H2,1-4H3,(H,30,33)/b29-16-. The first-order valence-electron chi connectivity index (χ1n) is 11.5. The van der Waals surface area contributed by atoms with Gasteiger partial charge in [-0.15, -0.1) is 0 Å². The molecule has 0 atom stereocenters. The number of morpholine rings is 1. The lowest BCUT2D eigenvalue weighted by Gasteiger charge is -2.26. The number of ether oxygens (including phenoxy) is 1. The minimum atomic E-state index is -0.228. The molecule has 1 saturated heterocycles. The Labute approximate surface area is 209 Å². The molecule has 178 valence electrons. The number of halogens is 1. The lowest BCUT2D eigenvalue weighted by Crippen LogP contribution is -2.35. The Bertz CT molecular complexity index is 1190. The highest BCUT2D eigenvalue weighted by atomic mass is 79.9. The van der Waals surface area contributed by atoms with Gasteiger partial charge in [0.2, 0.25) is 0 Å². The van der Waals surface area contributed by atoms with E-state index in [1.165, 1.54) is 22.4 Å². The van der Waals surface area contributed by atoms with E-state index in [-0.39, 0.29) is 5.91 Å². The number of hydrazone groups is 1. The number of carbonyl (C=O) groups is 1. The van der Waals surface area contributed by atoms with E-state index in [1.54, 1.807) is 6.21 Å². The zero-order valence-corrected chi connectivity index (χ0v) is 21.8. The molecule has 2 aromatic carbocycles. The summed E-state index contributed by atoms with van der Waals surface area (Å²) < 4.78 is 8.61. The van der Waals surface area contributed by atoms with Gasteiger partial charge in [0.25, 0.3) is 5.91 Å². The summed E-state index contributed by atoms with van der Waals surface area (Å²) in [5.41, 5.74) is 11.1. The first-order valence-corrected chi connectivity index (χ1v) is 12.3. The Hall–Kier alpha value is -2.74. The van der Waals surface area contributed by atoms with Crippen LogP contribution in [-0.4, -0.2) is 47.9 Å². The van der Waals surface area contributed by atoms with Crippen molar-refractivity contribution in [3.63, 3.8) is 0 Å². The number of amides is 1. The van der Waals surface area contributed by atoms with Crippen molar-refractivity contribution in [1.29, 1.82) is 0 Å². The van der Waals surface area contributed by atoms with Crippen LogP contribution in [0.5, 0.6) is 0 Å². The van der Waals surface area contributed by atoms with Gasteiger partial charge in [0.1, 0.15) is 0 Å². The summed E-state index contributed by atoms with van der Waals surface area (Å²) in [6.45, 7) is 12.7. The largest absolute Gasteiger partial charge is 0.379 e. The van der Waals surface area contributed by atoms with Crippen molar-refractivity contribution in [3.8, 4) is 5.69 Å². The van der Waals surface area contributed by atoms with E-state index in [0.717, 1.165) is 54.3 Å². The third-order valence-corrected chi connectivity index (χ3v) is 7.36. The third kappa shape index (κ3) is 5.17. The van der Waals surface area contributed by atoms with Crippen LogP contribution in [0.3, 0.4) is 0 Å². The monoisotopic (exact) mass is 522 g/mol. The van der Waals surface area contributed by atoms with Crippen LogP contribution in [0.25, 0.3) is 5.69 Å². The number of para-hydroxylation sites is 1. The van der Waals surface area contributed by atoms with Crippen molar-refractivity contribution in [2.45, 2.75) is 34.2 Å². The predicted molar refractivity (Wildman–Crippen MR) is 140 cm³/mol. The predicted octanol–water partition coefficient (Wildman–Crippen LogP) is 5.07. The number of aromatic nitrogens is 1. The number of nitrogens with zero attached hydrogens (tertiary/aromatic N) is 3. The van der Waals surface area contributed by atoms with Gasteiger partial charge in [-0.25, -0.2) is 5.43 Å². The quantitative estimate of drug-likeness (QED) is 0.363. The highest BCUT2D eigenvalue weighted by Crippen LogP contribution is 2.32. The summed E-state index contributed by atoms with van der Waals surface area (Å²) in [5.74, 6) is -0.228. The third-order valence-electron chi connectivity index (χ3n) is 6.36. The molecule has 1 fully saturated rings. The molecule has 2 heterocycles. The van der Waals surface area contributed by atoms with Crippen molar-refractivity contribution in [1.82, 2.24) is 14.9 Å². The van der Waals surface area contributed by atoms with Crippen LogP contribution in [0.2, 0.25) is 0 Å². The lowest BCUT2D eigenvalue weighted by molar-refractivity contribution is 0.0342. The van der Waals surface area contributed by atoms with Crippen molar-refractivity contribution in [2.75, 3.05) is 26.3 Å². The summed E-state index contributed by atoms with van der Waals surface area (Å²) in [4.78, 5) is 15.0. The maximum atomic E-state index is 12.6. The molecule has 0 saturated carbocycles. The van der Waals surface area contributed by atoms with Crippen molar-refractivity contribution in [2.24, 2.45) is 5.10 Å². The first kappa shape index (κ1) is 24.4. The molecule has 34 heavy (non-hydrogen) atoms. The number of benzene rings is 2. The number of aryl methyl sites for hydroxylation is 2. The molecular weight excluding hydrogens is 492 g/mol. The Balaban J connectivity index is 1.46. The van der Waals surface area contributed by atoms with E-state index in [9.17, 15) is 4.79 Å². The van der Waals surface area contributed by atoms with Crippen LogP contribution in [-0.2, 0) is 11.3 Å². The molecule has 1 aliphatic rings. The number of rotatable bonds is 6. The molecule has 3 aromatic rings. The second kappa shape index (κ2) is 10.7. The molecule has 1 aromatic heterocycles. The molecule has 0 spiro atoms. The maximum absolute atomic E-state index is 12.6. The van der Waals surface area contributed by atoms with E-state index >= 15 is 0 Å². The molecule has 6 nitrogen and oxygen atoms in total. The molecule has 1 aliphatic heterocycles. The van der Waals surface area contributed by atoms with Crippen LogP contribution in [0.15, 0.2) is 52.0 Å². The summed E-state index contributed by atoms with van der Waals surface area (Å²) in [7, 11) is 0. The summed E-state index contributed by atoms with van der Waals surface area (Å²) >= 11 is 3.72. The van der Waals surface area contributed by atoms with E-state index in [0.29, 0.717) is 5.56 Å². The molecule has 1 amide bonds. The lowest BCUT2D eigenvalue weighted by atomic mass is 10.1. The Morgan fingerprint density at radius 1 is 1.03 bits per heavy atom. The molecule has 1 N–H and O–H groups in total. The van der Waals surface area contributed by atoms with E-state index < -0.39 is 0 Å². The fourth-order valence-electron chi connectivity index (χ4n) is 4.47. The number of hydrogen-bond acceptors (Lipinski definition) is 4. The fourth-order valence-corrected chi connectivity index (χ4v) is 5.03.